The number of hydrogen-bond acceptors (Lipinski definition) is 5. The summed E-state index contributed by atoms with van der Waals surface area (Å²) in [4.78, 5) is 12.3. The molecular formula is C19H18N2O4. The summed E-state index contributed by atoms with van der Waals surface area (Å²) in [6.45, 7) is 1.65. The molecule has 0 bridgehead atoms. The molecule has 1 N–H and O–H groups in total. The number of ether oxygens (including phenoxy) is 2. The van der Waals surface area contributed by atoms with E-state index in [-0.39, 0.29) is 11.8 Å². The van der Waals surface area contributed by atoms with Crippen LogP contribution in [0, 0.1) is 0 Å². The summed E-state index contributed by atoms with van der Waals surface area (Å²) < 4.78 is 16.0. The van der Waals surface area contributed by atoms with Gasteiger partial charge in [0.25, 0.3) is 5.91 Å². The minimum absolute atomic E-state index is 0.263. The van der Waals surface area contributed by atoms with Crippen LogP contribution in [0.1, 0.15) is 6.92 Å². The monoisotopic (exact) mass is 338 g/mol. The van der Waals surface area contributed by atoms with Crippen molar-refractivity contribution < 1.29 is 18.8 Å². The molecule has 128 valence electrons. The van der Waals surface area contributed by atoms with Crippen molar-refractivity contribution >= 4 is 11.8 Å². The van der Waals surface area contributed by atoms with Gasteiger partial charge in [0.05, 0.1) is 7.11 Å². The lowest BCUT2D eigenvalue weighted by Crippen LogP contribution is -2.30. The highest BCUT2D eigenvalue weighted by molar-refractivity contribution is 5.93. The molecule has 0 saturated heterocycles. The fourth-order valence-corrected chi connectivity index (χ4v) is 2.26. The number of para-hydroxylation sites is 2. The number of rotatable bonds is 6. The predicted molar refractivity (Wildman–Crippen MR) is 93.7 cm³/mol. The summed E-state index contributed by atoms with van der Waals surface area (Å²) in [5.41, 5.74) is 1.55. The van der Waals surface area contributed by atoms with Crippen molar-refractivity contribution in [2.75, 3.05) is 12.4 Å². The number of amides is 1. The normalized spacial score (nSPS) is 11.6. The first kappa shape index (κ1) is 16.6. The number of hydrogen-bond donors (Lipinski definition) is 1. The van der Waals surface area contributed by atoms with Crippen LogP contribution in [0.3, 0.4) is 0 Å². The second-order valence-corrected chi connectivity index (χ2v) is 5.34. The van der Waals surface area contributed by atoms with E-state index in [1.165, 1.54) is 0 Å². The van der Waals surface area contributed by atoms with Crippen molar-refractivity contribution in [1.29, 1.82) is 0 Å². The second-order valence-electron chi connectivity index (χ2n) is 5.34. The number of methoxy groups -OCH3 is 1. The van der Waals surface area contributed by atoms with Crippen molar-refractivity contribution in [1.82, 2.24) is 5.16 Å². The molecule has 1 atom stereocenters. The Kier molecular flexibility index (Phi) is 4.99. The third-order valence-corrected chi connectivity index (χ3v) is 3.57. The van der Waals surface area contributed by atoms with Gasteiger partial charge in [0.1, 0.15) is 5.69 Å². The van der Waals surface area contributed by atoms with E-state index in [1.54, 1.807) is 32.2 Å². The van der Waals surface area contributed by atoms with Crippen molar-refractivity contribution in [2.24, 2.45) is 0 Å². The van der Waals surface area contributed by atoms with Crippen LogP contribution in [0.5, 0.6) is 11.5 Å². The van der Waals surface area contributed by atoms with Crippen LogP contribution >= 0.6 is 0 Å². The highest BCUT2D eigenvalue weighted by Crippen LogP contribution is 2.27. The van der Waals surface area contributed by atoms with E-state index >= 15 is 0 Å². The SMILES string of the molecule is COc1ccccc1O[C@@H](C)C(=O)Nc1cc(-c2ccccc2)no1. The topological polar surface area (TPSA) is 73.6 Å². The lowest BCUT2D eigenvalue weighted by atomic mass is 10.1. The summed E-state index contributed by atoms with van der Waals surface area (Å²) in [6.07, 6.45) is -0.735. The first-order valence-electron chi connectivity index (χ1n) is 7.80. The van der Waals surface area contributed by atoms with Gasteiger partial charge >= 0.3 is 0 Å². The van der Waals surface area contributed by atoms with Gasteiger partial charge in [-0.1, -0.05) is 47.6 Å². The molecule has 1 heterocycles. The molecule has 1 amide bonds. The van der Waals surface area contributed by atoms with Gasteiger partial charge in [0.15, 0.2) is 17.6 Å². The van der Waals surface area contributed by atoms with Crippen LogP contribution in [0.15, 0.2) is 65.2 Å². The van der Waals surface area contributed by atoms with E-state index in [2.05, 4.69) is 10.5 Å². The van der Waals surface area contributed by atoms with Gasteiger partial charge in [-0.05, 0) is 19.1 Å². The summed E-state index contributed by atoms with van der Waals surface area (Å²) in [6, 6.07) is 18.4. The molecule has 0 spiro atoms. The summed E-state index contributed by atoms with van der Waals surface area (Å²) >= 11 is 0. The first-order chi connectivity index (χ1) is 12.2. The quantitative estimate of drug-likeness (QED) is 0.741. The van der Waals surface area contributed by atoms with Gasteiger partial charge < -0.3 is 14.0 Å². The zero-order chi connectivity index (χ0) is 17.6. The Bertz CT molecular complexity index is 845. The fourth-order valence-electron chi connectivity index (χ4n) is 2.26. The molecule has 0 unspecified atom stereocenters. The van der Waals surface area contributed by atoms with Crippen molar-refractivity contribution in [3.8, 4) is 22.8 Å². The average molecular weight is 338 g/mol. The number of anilines is 1. The highest BCUT2D eigenvalue weighted by Gasteiger charge is 2.18. The third kappa shape index (κ3) is 3.98. The standard InChI is InChI=1S/C19H18N2O4/c1-13(24-17-11-7-6-10-16(17)23-2)19(22)20-18-12-15(21-25-18)14-8-4-3-5-9-14/h3-13H,1-2H3,(H,20,22)/t13-/m0/s1. The van der Waals surface area contributed by atoms with E-state index in [1.807, 2.05) is 42.5 Å². The van der Waals surface area contributed by atoms with Crippen molar-refractivity contribution in [2.45, 2.75) is 13.0 Å². The Morgan fingerprint density at radius 3 is 2.48 bits per heavy atom. The minimum atomic E-state index is -0.735. The number of benzene rings is 2. The number of carbonyl (C=O) groups excluding carboxylic acids is 1. The zero-order valence-corrected chi connectivity index (χ0v) is 13.9. The van der Waals surface area contributed by atoms with E-state index in [4.69, 9.17) is 14.0 Å². The Morgan fingerprint density at radius 1 is 1.08 bits per heavy atom. The lowest BCUT2D eigenvalue weighted by Gasteiger charge is -2.15. The number of nitrogens with one attached hydrogen (secondary N) is 1. The molecule has 1 aromatic heterocycles. The fraction of sp³-hybridized carbons (Fsp3) is 0.158. The van der Waals surface area contributed by atoms with Gasteiger partial charge in [-0.2, -0.15) is 0 Å². The zero-order valence-electron chi connectivity index (χ0n) is 13.9. The molecule has 0 fully saturated rings. The van der Waals surface area contributed by atoms with Gasteiger partial charge in [0.2, 0.25) is 5.88 Å². The summed E-state index contributed by atoms with van der Waals surface area (Å²) in [5.74, 6) is 0.976. The van der Waals surface area contributed by atoms with Gasteiger partial charge in [-0.25, -0.2) is 0 Å². The maximum atomic E-state index is 12.3. The predicted octanol–water partition coefficient (Wildman–Crippen LogP) is 3.76. The maximum Gasteiger partial charge on any atom is 0.267 e. The molecule has 6 nitrogen and oxygen atoms in total. The molecule has 0 radical (unpaired) electrons. The van der Waals surface area contributed by atoms with Gasteiger partial charge in [-0.3, -0.25) is 10.1 Å². The average Bonchev–Trinajstić information content (AvgIpc) is 3.11. The molecular weight excluding hydrogens is 320 g/mol. The molecule has 0 saturated carbocycles. The van der Waals surface area contributed by atoms with Crippen LogP contribution in [0.4, 0.5) is 5.88 Å². The molecule has 0 aliphatic rings. The third-order valence-electron chi connectivity index (χ3n) is 3.57. The Hall–Kier alpha value is -3.28. The number of nitrogens with zero attached hydrogens (tertiary/aromatic N) is 1. The minimum Gasteiger partial charge on any atom is -0.493 e. The molecule has 6 heteroatoms. The van der Waals surface area contributed by atoms with Crippen LogP contribution in [-0.4, -0.2) is 24.3 Å². The molecule has 25 heavy (non-hydrogen) atoms. The van der Waals surface area contributed by atoms with Gasteiger partial charge in [0, 0.05) is 11.6 Å². The van der Waals surface area contributed by atoms with E-state index in [0.717, 1.165) is 5.56 Å². The van der Waals surface area contributed by atoms with E-state index < -0.39 is 6.10 Å². The molecule has 3 aromatic rings. The molecule has 2 aromatic carbocycles. The van der Waals surface area contributed by atoms with Gasteiger partial charge in [-0.15, -0.1) is 0 Å². The highest BCUT2D eigenvalue weighted by atomic mass is 16.5. The van der Waals surface area contributed by atoms with Crippen molar-refractivity contribution in [3.05, 3.63) is 60.7 Å². The number of carbonyl (C=O) groups is 1. The van der Waals surface area contributed by atoms with Crippen LogP contribution < -0.4 is 14.8 Å². The largest absolute Gasteiger partial charge is 0.493 e. The Labute approximate surface area is 145 Å². The van der Waals surface area contributed by atoms with Crippen LogP contribution in [0.2, 0.25) is 0 Å². The Morgan fingerprint density at radius 2 is 1.76 bits per heavy atom. The number of aromatic nitrogens is 1. The smallest absolute Gasteiger partial charge is 0.267 e. The Balaban J connectivity index is 1.65. The lowest BCUT2D eigenvalue weighted by molar-refractivity contribution is -0.122. The summed E-state index contributed by atoms with van der Waals surface area (Å²) in [5, 5.41) is 6.62. The van der Waals surface area contributed by atoms with E-state index in [0.29, 0.717) is 17.2 Å². The first-order valence-corrected chi connectivity index (χ1v) is 7.80. The molecule has 0 aliphatic carbocycles. The van der Waals surface area contributed by atoms with E-state index in [9.17, 15) is 4.79 Å². The van der Waals surface area contributed by atoms with Crippen molar-refractivity contribution in [3.63, 3.8) is 0 Å². The van der Waals surface area contributed by atoms with Crippen LogP contribution in [0.25, 0.3) is 11.3 Å². The van der Waals surface area contributed by atoms with Crippen LogP contribution in [-0.2, 0) is 4.79 Å². The summed E-state index contributed by atoms with van der Waals surface area (Å²) in [7, 11) is 1.55. The second kappa shape index (κ2) is 7.53. The molecule has 3 rings (SSSR count). The maximum absolute atomic E-state index is 12.3. The molecule has 0 aliphatic heterocycles.